The summed E-state index contributed by atoms with van der Waals surface area (Å²) < 4.78 is 13.6. The third-order valence-electron chi connectivity index (χ3n) is 1.74. The maximum absolute atomic E-state index is 12.8. The molecule has 0 aliphatic rings. The van der Waals surface area contributed by atoms with Crippen molar-refractivity contribution < 1.29 is 9.50 Å². The van der Waals surface area contributed by atoms with Crippen LogP contribution >= 0.6 is 11.3 Å². The highest BCUT2D eigenvalue weighted by atomic mass is 32.1. The number of thiazole rings is 1. The number of rotatable bonds is 3. The molecular weight excluding hydrogens is 203 g/mol. The minimum absolute atomic E-state index is 0.0598. The molecule has 1 aromatic carbocycles. The lowest BCUT2D eigenvalue weighted by molar-refractivity contribution is 0.311. The van der Waals surface area contributed by atoms with Gasteiger partial charge in [-0.15, -0.1) is 0 Å². The number of aliphatic hydroxyl groups excluding tert-OH is 1. The van der Waals surface area contributed by atoms with E-state index in [4.69, 9.17) is 5.11 Å². The molecule has 0 fully saturated rings. The summed E-state index contributed by atoms with van der Waals surface area (Å²) >= 11 is 1.38. The number of fused-ring (bicyclic) bond motifs is 1. The Bertz CT molecular complexity index is 443. The first-order valence-electron chi connectivity index (χ1n) is 4.20. The predicted octanol–water partition coefficient (Wildman–Crippen LogP) is 1.84. The van der Waals surface area contributed by atoms with E-state index in [1.165, 1.54) is 23.5 Å². The fraction of sp³-hybridized carbons (Fsp3) is 0.222. The van der Waals surface area contributed by atoms with Gasteiger partial charge in [-0.1, -0.05) is 11.3 Å². The summed E-state index contributed by atoms with van der Waals surface area (Å²) in [7, 11) is 0. The first kappa shape index (κ1) is 9.36. The smallest absolute Gasteiger partial charge is 0.183 e. The van der Waals surface area contributed by atoms with E-state index in [9.17, 15) is 4.39 Å². The Morgan fingerprint density at radius 3 is 3.14 bits per heavy atom. The first-order chi connectivity index (χ1) is 6.79. The Hall–Kier alpha value is -1.20. The normalized spacial score (nSPS) is 10.7. The quantitative estimate of drug-likeness (QED) is 0.816. The van der Waals surface area contributed by atoms with Gasteiger partial charge in [0, 0.05) is 6.54 Å². The molecule has 1 aromatic heterocycles. The van der Waals surface area contributed by atoms with Crippen LogP contribution in [-0.4, -0.2) is 23.2 Å². The van der Waals surface area contributed by atoms with Crippen LogP contribution in [0.5, 0.6) is 0 Å². The van der Waals surface area contributed by atoms with Crippen LogP contribution in [-0.2, 0) is 0 Å². The van der Waals surface area contributed by atoms with Crippen molar-refractivity contribution in [1.82, 2.24) is 4.98 Å². The summed E-state index contributed by atoms with van der Waals surface area (Å²) in [6.45, 7) is 0.520. The van der Waals surface area contributed by atoms with Crippen molar-refractivity contribution >= 4 is 26.7 Å². The van der Waals surface area contributed by atoms with Crippen LogP contribution in [0.15, 0.2) is 18.2 Å². The van der Waals surface area contributed by atoms with Gasteiger partial charge in [-0.05, 0) is 18.2 Å². The van der Waals surface area contributed by atoms with E-state index in [-0.39, 0.29) is 12.4 Å². The lowest BCUT2D eigenvalue weighted by Gasteiger charge is -1.95. The number of hydrogen-bond acceptors (Lipinski definition) is 4. The third-order valence-corrected chi connectivity index (χ3v) is 2.71. The summed E-state index contributed by atoms with van der Waals surface area (Å²) in [5.41, 5.74) is 0.775. The van der Waals surface area contributed by atoms with E-state index < -0.39 is 0 Å². The standard InChI is InChI=1S/C9H9FN2OS/c10-6-1-2-7-8(5-6)14-9(12-7)11-3-4-13/h1-2,5,13H,3-4H2,(H,11,12). The molecule has 0 spiro atoms. The van der Waals surface area contributed by atoms with E-state index in [1.54, 1.807) is 6.07 Å². The molecule has 0 amide bonds. The van der Waals surface area contributed by atoms with Gasteiger partial charge < -0.3 is 10.4 Å². The zero-order valence-electron chi connectivity index (χ0n) is 7.33. The topological polar surface area (TPSA) is 45.1 Å². The van der Waals surface area contributed by atoms with Crippen molar-refractivity contribution in [3.05, 3.63) is 24.0 Å². The highest BCUT2D eigenvalue weighted by Gasteiger charge is 2.03. The first-order valence-corrected chi connectivity index (χ1v) is 5.02. The number of aromatic nitrogens is 1. The van der Waals surface area contributed by atoms with E-state index >= 15 is 0 Å². The number of nitrogens with zero attached hydrogens (tertiary/aromatic N) is 1. The van der Waals surface area contributed by atoms with Crippen molar-refractivity contribution in [2.45, 2.75) is 0 Å². The highest BCUT2D eigenvalue weighted by molar-refractivity contribution is 7.22. The maximum atomic E-state index is 12.8. The Kier molecular flexibility index (Phi) is 2.60. The van der Waals surface area contributed by atoms with Gasteiger partial charge in [0.05, 0.1) is 16.8 Å². The highest BCUT2D eigenvalue weighted by Crippen LogP contribution is 2.26. The Labute approximate surface area is 84.2 Å². The van der Waals surface area contributed by atoms with Gasteiger partial charge in [0.2, 0.25) is 0 Å². The van der Waals surface area contributed by atoms with Gasteiger partial charge in [-0.2, -0.15) is 0 Å². The molecule has 0 saturated heterocycles. The fourth-order valence-electron chi connectivity index (χ4n) is 1.14. The van der Waals surface area contributed by atoms with Crippen LogP contribution < -0.4 is 5.32 Å². The molecule has 0 aliphatic heterocycles. The largest absolute Gasteiger partial charge is 0.395 e. The monoisotopic (exact) mass is 212 g/mol. The Morgan fingerprint density at radius 2 is 2.36 bits per heavy atom. The summed E-state index contributed by atoms with van der Waals surface area (Å²) in [5.74, 6) is -0.255. The second-order valence-corrected chi connectivity index (χ2v) is 3.81. The van der Waals surface area contributed by atoms with Crippen molar-refractivity contribution in [2.75, 3.05) is 18.5 Å². The van der Waals surface area contributed by atoms with E-state index in [2.05, 4.69) is 10.3 Å². The third kappa shape index (κ3) is 1.83. The van der Waals surface area contributed by atoms with Gasteiger partial charge in [-0.3, -0.25) is 0 Å². The van der Waals surface area contributed by atoms with E-state index in [0.717, 1.165) is 10.2 Å². The number of aliphatic hydroxyl groups is 1. The Morgan fingerprint density at radius 1 is 1.50 bits per heavy atom. The maximum Gasteiger partial charge on any atom is 0.183 e. The van der Waals surface area contributed by atoms with E-state index in [0.29, 0.717) is 11.7 Å². The fourth-order valence-corrected chi connectivity index (χ4v) is 2.05. The predicted molar refractivity (Wildman–Crippen MR) is 55.2 cm³/mol. The minimum Gasteiger partial charge on any atom is -0.395 e. The van der Waals surface area contributed by atoms with Crippen LogP contribution in [0.2, 0.25) is 0 Å². The van der Waals surface area contributed by atoms with Crippen LogP contribution in [0.1, 0.15) is 0 Å². The number of benzene rings is 1. The molecule has 2 aromatic rings. The van der Waals surface area contributed by atoms with Gasteiger partial charge in [0.1, 0.15) is 5.82 Å². The molecule has 1 heterocycles. The summed E-state index contributed by atoms with van der Waals surface area (Å²) in [6, 6.07) is 4.49. The molecular formula is C9H9FN2OS. The average molecular weight is 212 g/mol. The van der Waals surface area contributed by atoms with Crippen LogP contribution in [0, 0.1) is 5.82 Å². The van der Waals surface area contributed by atoms with Crippen LogP contribution in [0.4, 0.5) is 9.52 Å². The lowest BCUT2D eigenvalue weighted by atomic mass is 10.3. The SMILES string of the molecule is OCCNc1nc2ccc(F)cc2s1. The van der Waals surface area contributed by atoms with E-state index in [1.807, 2.05) is 0 Å². The molecule has 2 N–H and O–H groups in total. The van der Waals surface area contributed by atoms with Gasteiger partial charge in [-0.25, -0.2) is 9.37 Å². The molecule has 0 unspecified atom stereocenters. The average Bonchev–Trinajstić information content (AvgIpc) is 2.56. The van der Waals surface area contributed by atoms with Crippen molar-refractivity contribution in [3.63, 3.8) is 0 Å². The van der Waals surface area contributed by atoms with Gasteiger partial charge in [0.15, 0.2) is 5.13 Å². The van der Waals surface area contributed by atoms with Crippen molar-refractivity contribution in [3.8, 4) is 0 Å². The Balaban J connectivity index is 2.32. The molecule has 0 bridgehead atoms. The summed E-state index contributed by atoms with van der Waals surface area (Å²) in [4.78, 5) is 4.22. The molecule has 0 saturated carbocycles. The van der Waals surface area contributed by atoms with Crippen LogP contribution in [0.3, 0.4) is 0 Å². The summed E-state index contributed by atoms with van der Waals surface area (Å²) in [6.07, 6.45) is 0. The zero-order valence-corrected chi connectivity index (χ0v) is 8.14. The summed E-state index contributed by atoms with van der Waals surface area (Å²) in [5, 5.41) is 12.2. The number of anilines is 1. The second-order valence-electron chi connectivity index (χ2n) is 2.78. The molecule has 3 nitrogen and oxygen atoms in total. The molecule has 0 radical (unpaired) electrons. The molecule has 14 heavy (non-hydrogen) atoms. The van der Waals surface area contributed by atoms with Crippen molar-refractivity contribution in [1.29, 1.82) is 0 Å². The second kappa shape index (κ2) is 3.89. The van der Waals surface area contributed by atoms with Gasteiger partial charge in [0.25, 0.3) is 0 Å². The molecule has 5 heteroatoms. The zero-order chi connectivity index (χ0) is 9.97. The molecule has 0 aliphatic carbocycles. The minimum atomic E-state index is -0.255. The number of hydrogen-bond donors (Lipinski definition) is 2. The number of nitrogens with one attached hydrogen (secondary N) is 1. The molecule has 0 atom stereocenters. The van der Waals surface area contributed by atoms with Crippen LogP contribution in [0.25, 0.3) is 10.2 Å². The van der Waals surface area contributed by atoms with Crippen molar-refractivity contribution in [2.24, 2.45) is 0 Å². The molecule has 74 valence electrons. The molecule has 2 rings (SSSR count). The lowest BCUT2D eigenvalue weighted by Crippen LogP contribution is -2.04. The van der Waals surface area contributed by atoms with Gasteiger partial charge >= 0.3 is 0 Å². The number of halogens is 1.